The van der Waals surface area contributed by atoms with Crippen molar-refractivity contribution in [2.45, 2.75) is 20.4 Å². The van der Waals surface area contributed by atoms with Gasteiger partial charge < -0.3 is 0 Å². The van der Waals surface area contributed by atoms with Gasteiger partial charge in [0.1, 0.15) is 0 Å². The summed E-state index contributed by atoms with van der Waals surface area (Å²) in [5.41, 5.74) is 5.11. The largest absolute Gasteiger partial charge is 0.268 e. The van der Waals surface area contributed by atoms with E-state index in [2.05, 4.69) is 36.1 Å². The molecule has 0 spiro atoms. The fourth-order valence-corrected chi connectivity index (χ4v) is 2.28. The third-order valence-electron chi connectivity index (χ3n) is 3.72. The van der Waals surface area contributed by atoms with E-state index in [0.717, 1.165) is 16.8 Å². The summed E-state index contributed by atoms with van der Waals surface area (Å²) in [5.74, 6) is 0. The van der Waals surface area contributed by atoms with Gasteiger partial charge >= 0.3 is 0 Å². The number of benzene rings is 1. The molecule has 22 heavy (non-hydrogen) atoms. The summed E-state index contributed by atoms with van der Waals surface area (Å²) in [7, 11) is 0. The number of nitrogens with zero attached hydrogens (tertiary/aromatic N) is 3. The second kappa shape index (κ2) is 5.93. The van der Waals surface area contributed by atoms with Gasteiger partial charge in [-0.25, -0.2) is 4.68 Å². The maximum Gasteiger partial charge on any atom is 0.267 e. The van der Waals surface area contributed by atoms with Crippen molar-refractivity contribution in [2.75, 3.05) is 0 Å². The highest BCUT2D eigenvalue weighted by molar-refractivity contribution is 5.60. The lowest BCUT2D eigenvalue weighted by atomic mass is 10.0. The lowest BCUT2D eigenvalue weighted by Crippen LogP contribution is -2.22. The van der Waals surface area contributed by atoms with Gasteiger partial charge in [0.05, 0.1) is 12.2 Å². The van der Waals surface area contributed by atoms with E-state index in [0.29, 0.717) is 6.54 Å². The third kappa shape index (κ3) is 2.96. The number of aromatic nitrogens is 3. The van der Waals surface area contributed by atoms with Crippen molar-refractivity contribution >= 4 is 0 Å². The van der Waals surface area contributed by atoms with Crippen LogP contribution in [0.4, 0.5) is 0 Å². The average Bonchev–Trinajstić information content (AvgIpc) is 2.53. The monoisotopic (exact) mass is 291 g/mol. The van der Waals surface area contributed by atoms with Crippen LogP contribution < -0.4 is 5.56 Å². The first kappa shape index (κ1) is 14.2. The van der Waals surface area contributed by atoms with E-state index < -0.39 is 0 Å². The molecule has 0 saturated carbocycles. The smallest absolute Gasteiger partial charge is 0.267 e. The van der Waals surface area contributed by atoms with Gasteiger partial charge in [-0.1, -0.05) is 18.2 Å². The van der Waals surface area contributed by atoms with Gasteiger partial charge in [-0.3, -0.25) is 9.78 Å². The van der Waals surface area contributed by atoms with Gasteiger partial charge in [-0.2, -0.15) is 5.10 Å². The maximum atomic E-state index is 12.0. The molecular weight excluding hydrogens is 274 g/mol. The Morgan fingerprint density at radius 2 is 1.91 bits per heavy atom. The molecule has 0 fully saturated rings. The van der Waals surface area contributed by atoms with E-state index in [1.54, 1.807) is 24.5 Å². The van der Waals surface area contributed by atoms with Gasteiger partial charge in [-0.05, 0) is 48.7 Å². The van der Waals surface area contributed by atoms with Crippen LogP contribution in [0.25, 0.3) is 11.3 Å². The van der Waals surface area contributed by atoms with Gasteiger partial charge in [-0.15, -0.1) is 0 Å². The Hall–Kier alpha value is -2.75. The summed E-state index contributed by atoms with van der Waals surface area (Å²) in [6.07, 6.45) is 3.46. The lowest BCUT2D eigenvalue weighted by molar-refractivity contribution is 0.641. The summed E-state index contributed by atoms with van der Waals surface area (Å²) in [6, 6.07) is 13.3. The third-order valence-corrected chi connectivity index (χ3v) is 3.72. The van der Waals surface area contributed by atoms with Crippen LogP contribution in [-0.4, -0.2) is 14.8 Å². The topological polar surface area (TPSA) is 47.8 Å². The fraction of sp³-hybridized carbons (Fsp3) is 0.167. The molecule has 0 unspecified atom stereocenters. The van der Waals surface area contributed by atoms with Gasteiger partial charge in [0.25, 0.3) is 5.56 Å². The van der Waals surface area contributed by atoms with Crippen molar-refractivity contribution in [2.24, 2.45) is 0 Å². The SMILES string of the molecule is Cc1ccc(-c2ccc(=O)n(Cc3cccnc3)n2)cc1C. The molecule has 3 aromatic rings. The zero-order chi connectivity index (χ0) is 15.5. The Labute approximate surface area is 129 Å². The second-order valence-corrected chi connectivity index (χ2v) is 5.37. The van der Waals surface area contributed by atoms with E-state index in [1.807, 2.05) is 18.2 Å². The number of rotatable bonds is 3. The fourth-order valence-electron chi connectivity index (χ4n) is 2.28. The molecule has 2 aromatic heterocycles. The Bertz CT molecular complexity index is 854. The first-order chi connectivity index (χ1) is 10.6. The van der Waals surface area contributed by atoms with E-state index >= 15 is 0 Å². The molecule has 0 N–H and O–H groups in total. The van der Waals surface area contributed by atoms with Crippen LogP contribution >= 0.6 is 0 Å². The van der Waals surface area contributed by atoms with Crippen LogP contribution in [0.15, 0.2) is 59.7 Å². The average molecular weight is 291 g/mol. The zero-order valence-corrected chi connectivity index (χ0v) is 12.7. The van der Waals surface area contributed by atoms with E-state index in [9.17, 15) is 4.79 Å². The molecule has 0 radical (unpaired) electrons. The lowest BCUT2D eigenvalue weighted by Gasteiger charge is -2.08. The van der Waals surface area contributed by atoms with Crippen molar-refractivity contribution in [3.63, 3.8) is 0 Å². The number of hydrogen-bond donors (Lipinski definition) is 0. The minimum atomic E-state index is -0.114. The Morgan fingerprint density at radius 3 is 2.64 bits per heavy atom. The number of aryl methyl sites for hydroxylation is 2. The Morgan fingerprint density at radius 1 is 1.05 bits per heavy atom. The van der Waals surface area contributed by atoms with Crippen LogP contribution in [0.3, 0.4) is 0 Å². The van der Waals surface area contributed by atoms with Crippen molar-refractivity contribution in [1.29, 1.82) is 0 Å². The number of pyridine rings is 1. The minimum Gasteiger partial charge on any atom is -0.268 e. The highest BCUT2D eigenvalue weighted by Gasteiger charge is 2.05. The molecule has 0 saturated heterocycles. The molecule has 4 nitrogen and oxygen atoms in total. The predicted octanol–water partition coefficient (Wildman–Crippen LogP) is 2.97. The Kier molecular flexibility index (Phi) is 3.83. The van der Waals surface area contributed by atoms with Crippen molar-refractivity contribution < 1.29 is 0 Å². The van der Waals surface area contributed by atoms with Crippen molar-refractivity contribution in [1.82, 2.24) is 14.8 Å². The Balaban J connectivity index is 1.99. The molecule has 2 heterocycles. The van der Waals surface area contributed by atoms with Crippen LogP contribution in [0, 0.1) is 13.8 Å². The summed E-state index contributed by atoms with van der Waals surface area (Å²) in [5, 5.41) is 4.48. The van der Waals surface area contributed by atoms with Gasteiger partial charge in [0.2, 0.25) is 0 Å². The van der Waals surface area contributed by atoms with Gasteiger partial charge in [0, 0.05) is 24.0 Å². The quantitative estimate of drug-likeness (QED) is 0.745. The molecule has 0 aliphatic heterocycles. The molecule has 1 aromatic carbocycles. The summed E-state index contributed by atoms with van der Waals surface area (Å²) >= 11 is 0. The molecule has 0 bridgehead atoms. The van der Waals surface area contributed by atoms with E-state index in [4.69, 9.17) is 0 Å². The highest BCUT2D eigenvalue weighted by Crippen LogP contribution is 2.19. The predicted molar refractivity (Wildman–Crippen MR) is 86.7 cm³/mol. The minimum absolute atomic E-state index is 0.114. The molecule has 3 rings (SSSR count). The van der Waals surface area contributed by atoms with Crippen molar-refractivity contribution in [3.8, 4) is 11.3 Å². The normalized spacial score (nSPS) is 10.6. The van der Waals surface area contributed by atoms with Crippen LogP contribution in [-0.2, 0) is 6.54 Å². The van der Waals surface area contributed by atoms with E-state index in [-0.39, 0.29) is 5.56 Å². The first-order valence-corrected chi connectivity index (χ1v) is 7.18. The first-order valence-electron chi connectivity index (χ1n) is 7.18. The molecule has 0 atom stereocenters. The summed E-state index contributed by atoms with van der Waals surface area (Å²) < 4.78 is 1.47. The van der Waals surface area contributed by atoms with Crippen LogP contribution in [0.1, 0.15) is 16.7 Å². The molecule has 0 aliphatic carbocycles. The molecular formula is C18H17N3O. The molecule has 0 amide bonds. The molecule has 0 aliphatic rings. The van der Waals surface area contributed by atoms with Crippen LogP contribution in [0.5, 0.6) is 0 Å². The second-order valence-electron chi connectivity index (χ2n) is 5.37. The standard InChI is InChI=1S/C18H17N3O/c1-13-5-6-16(10-14(13)2)17-7-8-18(22)21(20-17)12-15-4-3-9-19-11-15/h3-11H,12H2,1-2H3. The molecule has 110 valence electrons. The molecule has 4 heteroatoms. The van der Waals surface area contributed by atoms with E-state index in [1.165, 1.54) is 15.8 Å². The summed E-state index contributed by atoms with van der Waals surface area (Å²) in [4.78, 5) is 16.1. The zero-order valence-electron chi connectivity index (χ0n) is 12.7. The van der Waals surface area contributed by atoms with Gasteiger partial charge in [0.15, 0.2) is 0 Å². The summed E-state index contributed by atoms with van der Waals surface area (Å²) in [6.45, 7) is 4.58. The van der Waals surface area contributed by atoms with Crippen molar-refractivity contribution in [3.05, 3.63) is 81.9 Å². The highest BCUT2D eigenvalue weighted by atomic mass is 16.1. The maximum absolute atomic E-state index is 12.0. The number of hydrogen-bond acceptors (Lipinski definition) is 3. The van der Waals surface area contributed by atoms with Crippen LogP contribution in [0.2, 0.25) is 0 Å².